The van der Waals surface area contributed by atoms with Gasteiger partial charge in [-0.15, -0.1) is 0 Å². The van der Waals surface area contributed by atoms with Crippen LogP contribution < -0.4 is 5.73 Å². The van der Waals surface area contributed by atoms with E-state index in [4.69, 9.17) is 5.73 Å². The van der Waals surface area contributed by atoms with Crippen LogP contribution in [0.3, 0.4) is 0 Å². The molecule has 22 heavy (non-hydrogen) atoms. The fourth-order valence-electron chi connectivity index (χ4n) is 2.68. The zero-order valence-electron chi connectivity index (χ0n) is 12.7. The lowest BCUT2D eigenvalue weighted by atomic mass is 10.0. The third-order valence-corrected chi connectivity index (χ3v) is 3.97. The number of rotatable bonds is 5. The monoisotopic (exact) mass is 287 g/mol. The Balaban J connectivity index is 1.56. The molecule has 0 aromatic heterocycles. The minimum absolute atomic E-state index is 0.834. The molecule has 0 aliphatic rings. The van der Waals surface area contributed by atoms with Crippen LogP contribution >= 0.6 is 0 Å². The fourth-order valence-corrected chi connectivity index (χ4v) is 2.68. The van der Waals surface area contributed by atoms with E-state index >= 15 is 0 Å². The van der Waals surface area contributed by atoms with Crippen molar-refractivity contribution >= 4 is 5.69 Å². The van der Waals surface area contributed by atoms with Gasteiger partial charge in [-0.2, -0.15) is 0 Å². The second-order valence-electron chi connectivity index (χ2n) is 5.66. The lowest BCUT2D eigenvalue weighted by Crippen LogP contribution is -1.91. The van der Waals surface area contributed by atoms with Gasteiger partial charge in [-0.3, -0.25) is 0 Å². The van der Waals surface area contributed by atoms with Gasteiger partial charge in [-0.25, -0.2) is 0 Å². The first kappa shape index (κ1) is 14.4. The van der Waals surface area contributed by atoms with Crippen LogP contribution in [0.4, 0.5) is 5.69 Å². The van der Waals surface area contributed by atoms with Gasteiger partial charge in [0, 0.05) is 5.69 Å². The molecule has 0 spiro atoms. The standard InChI is InChI=1S/C21H21N/c22-21-15-11-18(12-16-21)6-4-5-17-9-13-20(14-10-17)19-7-2-1-3-8-19/h1-3,7-16H,4-6,22H2. The van der Waals surface area contributed by atoms with Gasteiger partial charge < -0.3 is 5.73 Å². The molecule has 0 unspecified atom stereocenters. The Labute approximate surface area is 132 Å². The highest BCUT2D eigenvalue weighted by Gasteiger charge is 1.99. The number of aryl methyl sites for hydroxylation is 2. The molecule has 3 aromatic carbocycles. The van der Waals surface area contributed by atoms with Crippen LogP contribution in [0.15, 0.2) is 78.9 Å². The van der Waals surface area contributed by atoms with Crippen LogP contribution in [0.25, 0.3) is 11.1 Å². The number of hydrogen-bond acceptors (Lipinski definition) is 1. The zero-order valence-corrected chi connectivity index (χ0v) is 12.7. The maximum atomic E-state index is 5.71. The molecule has 3 rings (SSSR count). The Morgan fingerprint density at radius 3 is 1.64 bits per heavy atom. The normalized spacial score (nSPS) is 10.5. The van der Waals surface area contributed by atoms with E-state index in [-0.39, 0.29) is 0 Å². The highest BCUT2D eigenvalue weighted by molar-refractivity contribution is 5.63. The van der Waals surface area contributed by atoms with Crippen molar-refractivity contribution < 1.29 is 0 Å². The lowest BCUT2D eigenvalue weighted by Gasteiger charge is -2.05. The molecular formula is C21H21N. The van der Waals surface area contributed by atoms with E-state index in [2.05, 4.69) is 66.7 Å². The van der Waals surface area contributed by atoms with Gasteiger partial charge in [0.15, 0.2) is 0 Å². The summed E-state index contributed by atoms with van der Waals surface area (Å²) in [5.74, 6) is 0. The number of benzene rings is 3. The molecule has 0 heterocycles. The van der Waals surface area contributed by atoms with Gasteiger partial charge in [0.1, 0.15) is 0 Å². The summed E-state index contributed by atoms with van der Waals surface area (Å²) in [4.78, 5) is 0. The summed E-state index contributed by atoms with van der Waals surface area (Å²) in [5, 5.41) is 0. The average molecular weight is 287 g/mol. The minimum atomic E-state index is 0.834. The Morgan fingerprint density at radius 1 is 0.545 bits per heavy atom. The summed E-state index contributed by atoms with van der Waals surface area (Å²) < 4.78 is 0. The summed E-state index contributed by atoms with van der Waals surface area (Å²) >= 11 is 0. The molecule has 1 nitrogen and oxygen atoms in total. The third-order valence-electron chi connectivity index (χ3n) is 3.97. The van der Waals surface area contributed by atoms with E-state index < -0.39 is 0 Å². The lowest BCUT2D eigenvalue weighted by molar-refractivity contribution is 0.821. The van der Waals surface area contributed by atoms with Gasteiger partial charge >= 0.3 is 0 Å². The van der Waals surface area contributed by atoms with Crippen molar-refractivity contribution in [2.45, 2.75) is 19.3 Å². The van der Waals surface area contributed by atoms with Crippen molar-refractivity contribution in [3.05, 3.63) is 90.0 Å². The van der Waals surface area contributed by atoms with E-state index in [0.29, 0.717) is 0 Å². The van der Waals surface area contributed by atoms with E-state index in [1.807, 2.05) is 12.1 Å². The van der Waals surface area contributed by atoms with Crippen molar-refractivity contribution in [1.29, 1.82) is 0 Å². The van der Waals surface area contributed by atoms with Crippen molar-refractivity contribution in [2.24, 2.45) is 0 Å². The molecule has 2 N–H and O–H groups in total. The van der Waals surface area contributed by atoms with Crippen LogP contribution in [-0.2, 0) is 12.8 Å². The molecule has 0 fully saturated rings. The summed E-state index contributed by atoms with van der Waals surface area (Å²) in [7, 11) is 0. The van der Waals surface area contributed by atoms with Gasteiger partial charge in [0.05, 0.1) is 0 Å². The molecule has 0 radical (unpaired) electrons. The van der Waals surface area contributed by atoms with Crippen molar-refractivity contribution in [3.8, 4) is 11.1 Å². The first-order chi connectivity index (χ1) is 10.8. The molecule has 0 aliphatic heterocycles. The predicted molar refractivity (Wildman–Crippen MR) is 94.8 cm³/mol. The van der Waals surface area contributed by atoms with Crippen molar-refractivity contribution in [3.63, 3.8) is 0 Å². The van der Waals surface area contributed by atoms with Crippen LogP contribution in [0, 0.1) is 0 Å². The first-order valence-corrected chi connectivity index (χ1v) is 7.80. The van der Waals surface area contributed by atoms with Gasteiger partial charge in [0.2, 0.25) is 0 Å². The summed E-state index contributed by atoms with van der Waals surface area (Å²) in [6, 6.07) is 27.6. The molecular weight excluding hydrogens is 266 g/mol. The second kappa shape index (κ2) is 6.95. The Bertz CT molecular complexity index is 697. The van der Waals surface area contributed by atoms with Crippen LogP contribution in [-0.4, -0.2) is 0 Å². The van der Waals surface area contributed by atoms with Gasteiger partial charge in [-0.1, -0.05) is 66.7 Å². The largest absolute Gasteiger partial charge is 0.399 e. The fraction of sp³-hybridized carbons (Fsp3) is 0.143. The second-order valence-corrected chi connectivity index (χ2v) is 5.66. The Hall–Kier alpha value is -2.54. The highest BCUT2D eigenvalue weighted by atomic mass is 14.5. The van der Waals surface area contributed by atoms with E-state index in [1.54, 1.807) is 0 Å². The van der Waals surface area contributed by atoms with Crippen LogP contribution in [0.1, 0.15) is 17.5 Å². The van der Waals surface area contributed by atoms with E-state index in [1.165, 1.54) is 22.3 Å². The number of nitrogens with two attached hydrogens (primary N) is 1. The average Bonchev–Trinajstić information content (AvgIpc) is 2.58. The molecule has 0 amide bonds. The summed E-state index contributed by atoms with van der Waals surface area (Å²) in [6.45, 7) is 0. The van der Waals surface area contributed by atoms with Gasteiger partial charge in [0.25, 0.3) is 0 Å². The molecule has 3 aromatic rings. The molecule has 0 saturated heterocycles. The molecule has 1 heteroatoms. The number of nitrogen functional groups attached to an aromatic ring is 1. The molecule has 0 saturated carbocycles. The number of anilines is 1. The maximum absolute atomic E-state index is 5.71. The predicted octanol–water partition coefficient (Wildman–Crippen LogP) is 5.11. The Morgan fingerprint density at radius 2 is 1.05 bits per heavy atom. The summed E-state index contributed by atoms with van der Waals surface area (Å²) in [5.41, 5.74) is 11.9. The quantitative estimate of drug-likeness (QED) is 0.648. The smallest absolute Gasteiger partial charge is 0.0314 e. The first-order valence-electron chi connectivity index (χ1n) is 7.80. The van der Waals surface area contributed by atoms with Crippen molar-refractivity contribution in [1.82, 2.24) is 0 Å². The van der Waals surface area contributed by atoms with E-state index in [9.17, 15) is 0 Å². The minimum Gasteiger partial charge on any atom is -0.399 e. The molecule has 0 aliphatic carbocycles. The molecule has 0 atom stereocenters. The highest BCUT2D eigenvalue weighted by Crippen LogP contribution is 2.20. The topological polar surface area (TPSA) is 26.0 Å². The van der Waals surface area contributed by atoms with E-state index in [0.717, 1.165) is 24.9 Å². The molecule has 110 valence electrons. The summed E-state index contributed by atoms with van der Waals surface area (Å²) in [6.07, 6.45) is 3.37. The molecule has 0 bridgehead atoms. The number of hydrogen-bond donors (Lipinski definition) is 1. The zero-order chi connectivity index (χ0) is 15.2. The Kier molecular flexibility index (Phi) is 4.55. The third kappa shape index (κ3) is 3.76. The van der Waals surface area contributed by atoms with Crippen molar-refractivity contribution in [2.75, 3.05) is 5.73 Å². The van der Waals surface area contributed by atoms with Crippen LogP contribution in [0.5, 0.6) is 0 Å². The maximum Gasteiger partial charge on any atom is 0.0314 e. The SMILES string of the molecule is Nc1ccc(CCCc2ccc(-c3ccccc3)cc2)cc1. The van der Waals surface area contributed by atoms with Crippen LogP contribution in [0.2, 0.25) is 0 Å². The van der Waals surface area contributed by atoms with Gasteiger partial charge in [-0.05, 0) is 53.6 Å².